The Kier molecular flexibility index (Phi) is 10.5. The zero-order valence-corrected chi connectivity index (χ0v) is 27.6. The van der Waals surface area contributed by atoms with Gasteiger partial charge in [-0.25, -0.2) is 0 Å². The smallest absolute Gasteiger partial charge is 0.309 e. The highest BCUT2D eigenvalue weighted by Gasteiger charge is 2.30. The van der Waals surface area contributed by atoms with Crippen LogP contribution in [0.3, 0.4) is 0 Å². The van der Waals surface area contributed by atoms with Crippen LogP contribution in [0.25, 0.3) is 43.8 Å². The van der Waals surface area contributed by atoms with Crippen molar-refractivity contribution in [2.45, 2.75) is 40.0 Å². The van der Waals surface area contributed by atoms with Crippen LogP contribution in [0, 0.1) is 0 Å². The van der Waals surface area contributed by atoms with E-state index in [1.54, 1.807) is 0 Å². The predicted octanol–water partition coefficient (Wildman–Crippen LogP) is 10.9. The molecule has 230 valence electrons. The average Bonchev–Trinajstić information content (AvgIpc) is 3.01. The summed E-state index contributed by atoms with van der Waals surface area (Å²) in [6.45, 7) is 8.34. The molecule has 0 fully saturated rings. The van der Waals surface area contributed by atoms with Gasteiger partial charge in [0.2, 0.25) is 0 Å². The van der Waals surface area contributed by atoms with E-state index in [0.717, 1.165) is 54.9 Å². The average molecular weight is 631 g/mol. The molecule has 44 heavy (non-hydrogen) atoms. The lowest BCUT2D eigenvalue weighted by atomic mass is 9.88. The van der Waals surface area contributed by atoms with E-state index in [2.05, 4.69) is 60.7 Å². The third-order valence-electron chi connectivity index (χ3n) is 7.52. The molecule has 0 aromatic heterocycles. The molecule has 0 N–H and O–H groups in total. The van der Waals surface area contributed by atoms with Gasteiger partial charge in [0.25, 0.3) is 0 Å². The Morgan fingerprint density at radius 3 is 1.16 bits per heavy atom. The quantitative estimate of drug-likeness (QED) is 0.114. The van der Waals surface area contributed by atoms with Crippen molar-refractivity contribution in [3.63, 3.8) is 0 Å². The Labute approximate surface area is 260 Å². The summed E-state index contributed by atoms with van der Waals surface area (Å²) >= 11 is 0. The van der Waals surface area contributed by atoms with Crippen molar-refractivity contribution >= 4 is 36.7 Å². The van der Waals surface area contributed by atoms with E-state index in [4.69, 9.17) is 18.1 Å². The molecule has 5 aromatic rings. The number of hydrogen-bond donors (Lipinski definition) is 0. The van der Waals surface area contributed by atoms with Crippen LogP contribution in [-0.2, 0) is 39.5 Å². The van der Waals surface area contributed by atoms with E-state index in [-0.39, 0.29) is 38.8 Å². The summed E-state index contributed by atoms with van der Waals surface area (Å²) < 4.78 is 51.3. The van der Waals surface area contributed by atoms with Gasteiger partial charge in [0, 0.05) is 0 Å². The summed E-state index contributed by atoms with van der Waals surface area (Å²) in [6, 6.07) is 32.9. The summed E-state index contributed by atoms with van der Waals surface area (Å²) in [5.74, 6) is 0. The Balaban J connectivity index is 1.85. The van der Waals surface area contributed by atoms with Crippen molar-refractivity contribution in [3.8, 4) is 22.3 Å². The fourth-order valence-corrected chi connectivity index (χ4v) is 9.28. The number of fused-ring (bicyclic) bond motifs is 2. The van der Waals surface area contributed by atoms with Gasteiger partial charge in [0.05, 0.1) is 38.8 Å². The van der Waals surface area contributed by atoms with Crippen molar-refractivity contribution in [2.75, 3.05) is 26.4 Å². The molecule has 0 heterocycles. The zero-order chi connectivity index (χ0) is 31.2. The van der Waals surface area contributed by atoms with E-state index in [9.17, 15) is 9.13 Å². The predicted molar refractivity (Wildman–Crippen MR) is 181 cm³/mol. The minimum atomic E-state index is -3.49. The molecule has 6 nitrogen and oxygen atoms in total. The van der Waals surface area contributed by atoms with Crippen molar-refractivity contribution < 1.29 is 27.2 Å². The zero-order valence-electron chi connectivity index (χ0n) is 25.8. The lowest BCUT2D eigenvalue weighted by Gasteiger charge is -2.24. The number of hydrogen-bond acceptors (Lipinski definition) is 6. The second-order valence-corrected chi connectivity index (χ2v) is 14.5. The monoisotopic (exact) mass is 630 g/mol. The topological polar surface area (TPSA) is 71.1 Å². The van der Waals surface area contributed by atoms with E-state index >= 15 is 0 Å². The summed E-state index contributed by atoms with van der Waals surface area (Å²) in [5.41, 5.74) is 5.35. The number of rotatable bonds is 14. The van der Waals surface area contributed by atoms with Gasteiger partial charge in [-0.05, 0) is 94.8 Å². The van der Waals surface area contributed by atoms with Crippen LogP contribution in [0.15, 0.2) is 97.1 Å². The normalized spacial score (nSPS) is 12.3. The van der Waals surface area contributed by atoms with Gasteiger partial charge >= 0.3 is 15.2 Å². The first-order chi connectivity index (χ1) is 21.3. The molecule has 0 bridgehead atoms. The van der Waals surface area contributed by atoms with Crippen LogP contribution < -0.4 is 0 Å². The van der Waals surface area contributed by atoms with Gasteiger partial charge in [0.15, 0.2) is 0 Å². The highest BCUT2D eigenvalue weighted by molar-refractivity contribution is 7.53. The fraction of sp³-hybridized carbons (Fsp3) is 0.278. The highest BCUT2D eigenvalue weighted by atomic mass is 31.2. The number of benzene rings is 5. The van der Waals surface area contributed by atoms with Crippen LogP contribution >= 0.6 is 15.2 Å². The minimum Gasteiger partial charge on any atom is -0.309 e. The van der Waals surface area contributed by atoms with E-state index in [1.807, 2.05) is 64.1 Å². The van der Waals surface area contributed by atoms with Crippen LogP contribution in [0.2, 0.25) is 0 Å². The second-order valence-electron chi connectivity index (χ2n) is 10.4. The van der Waals surface area contributed by atoms with Crippen LogP contribution in [0.4, 0.5) is 0 Å². The van der Waals surface area contributed by atoms with Gasteiger partial charge < -0.3 is 18.1 Å². The summed E-state index contributed by atoms with van der Waals surface area (Å²) in [5, 5.41) is 4.28. The molecule has 0 aliphatic heterocycles. The third-order valence-corrected chi connectivity index (χ3v) is 11.6. The molecule has 0 saturated carbocycles. The Hall–Kier alpha value is -3.08. The van der Waals surface area contributed by atoms with Crippen LogP contribution in [-0.4, -0.2) is 26.4 Å². The third kappa shape index (κ3) is 7.08. The lowest BCUT2D eigenvalue weighted by Crippen LogP contribution is -2.05. The summed E-state index contributed by atoms with van der Waals surface area (Å²) in [4.78, 5) is 0. The maximum absolute atomic E-state index is 14.0. The van der Waals surface area contributed by atoms with Gasteiger partial charge in [-0.2, -0.15) is 0 Å². The van der Waals surface area contributed by atoms with Crippen LogP contribution in [0.1, 0.15) is 38.8 Å². The Morgan fingerprint density at radius 2 is 0.795 bits per heavy atom. The van der Waals surface area contributed by atoms with Gasteiger partial charge in [-0.1, -0.05) is 84.9 Å². The maximum Gasteiger partial charge on any atom is 0.335 e. The molecule has 8 heteroatoms. The highest BCUT2D eigenvalue weighted by Crippen LogP contribution is 2.56. The molecular weight excluding hydrogens is 590 g/mol. The van der Waals surface area contributed by atoms with Gasteiger partial charge in [-0.3, -0.25) is 9.13 Å². The van der Waals surface area contributed by atoms with Crippen LogP contribution in [0.5, 0.6) is 0 Å². The molecule has 0 spiro atoms. The fourth-order valence-electron chi connectivity index (χ4n) is 5.83. The molecular formula is C36H40O6P2. The standard InChI is InChI=1S/C36H40O6P2/c1-5-39-43(37,40-6-2)25-29-23-36(34-22-14-18-28-16-10-12-20-32(28)34)30(26-44(38,41-7-3)42-8-4)24-35(29)33-21-13-17-27-15-9-11-19-31(27)33/h9-24H,5-8,25-26H2,1-4H3. The largest absolute Gasteiger partial charge is 0.335 e. The molecule has 0 radical (unpaired) electrons. The molecule has 0 atom stereocenters. The molecule has 0 aliphatic carbocycles. The minimum absolute atomic E-state index is 0.0832. The molecule has 5 rings (SSSR count). The van der Waals surface area contributed by atoms with Crippen molar-refractivity contribution in [1.82, 2.24) is 0 Å². The van der Waals surface area contributed by atoms with E-state index in [1.165, 1.54) is 0 Å². The first kappa shape index (κ1) is 32.3. The maximum atomic E-state index is 14.0. The van der Waals surface area contributed by atoms with Crippen molar-refractivity contribution in [2.24, 2.45) is 0 Å². The Morgan fingerprint density at radius 1 is 0.455 bits per heavy atom. The van der Waals surface area contributed by atoms with Crippen molar-refractivity contribution in [3.05, 3.63) is 108 Å². The van der Waals surface area contributed by atoms with E-state index < -0.39 is 15.2 Å². The Bertz CT molecular complexity index is 1680. The molecule has 0 saturated heterocycles. The van der Waals surface area contributed by atoms with Crippen molar-refractivity contribution in [1.29, 1.82) is 0 Å². The first-order valence-electron chi connectivity index (χ1n) is 15.2. The molecule has 0 amide bonds. The first-order valence-corrected chi connectivity index (χ1v) is 18.7. The van der Waals surface area contributed by atoms with E-state index in [0.29, 0.717) is 0 Å². The SMILES string of the molecule is CCOP(=O)(Cc1cc(-c2cccc3ccccc23)c(CP(=O)(OCC)OCC)cc1-c1cccc2ccccc12)OCC. The summed E-state index contributed by atoms with van der Waals surface area (Å²) in [6.07, 6.45) is 0.166. The second kappa shape index (κ2) is 14.3. The lowest BCUT2D eigenvalue weighted by molar-refractivity contribution is 0.218. The van der Waals surface area contributed by atoms with Gasteiger partial charge in [0.1, 0.15) is 0 Å². The molecule has 5 aromatic carbocycles. The molecule has 0 unspecified atom stereocenters. The molecule has 0 aliphatic rings. The summed E-state index contributed by atoms with van der Waals surface area (Å²) in [7, 11) is -6.98. The van der Waals surface area contributed by atoms with Gasteiger partial charge in [-0.15, -0.1) is 0 Å².